The molecule has 0 unspecified atom stereocenters. The average molecular weight is 511 g/mol. The van der Waals surface area contributed by atoms with Gasteiger partial charge >= 0.3 is 0 Å². The Morgan fingerprint density at radius 1 is 1.00 bits per heavy atom. The van der Waals surface area contributed by atoms with Crippen molar-refractivity contribution in [3.8, 4) is 0 Å². The van der Waals surface area contributed by atoms with E-state index in [0.717, 1.165) is 63.1 Å². The molecule has 2 aromatic carbocycles. The fraction of sp³-hybridized carbons (Fsp3) is 0.393. The summed E-state index contributed by atoms with van der Waals surface area (Å²) in [5, 5.41) is -0.221. The smallest absolute Gasteiger partial charge is 0.183 e. The summed E-state index contributed by atoms with van der Waals surface area (Å²) >= 11 is 6.06. The molecule has 2 aliphatic rings. The van der Waals surface area contributed by atoms with Crippen molar-refractivity contribution in [3.63, 3.8) is 0 Å². The highest BCUT2D eigenvalue weighted by atomic mass is 35.5. The number of hydrogen-bond acceptors (Lipinski definition) is 5. The molecule has 2 aliphatic heterocycles. The monoisotopic (exact) mass is 510 g/mol. The molecular weight excluding hydrogens is 482 g/mol. The molecule has 0 N–H and O–H groups in total. The fourth-order valence-electron chi connectivity index (χ4n) is 5.13. The number of piperidine rings is 1. The second-order valence-corrected chi connectivity index (χ2v) is 10.1. The minimum atomic E-state index is -0.657. The fourth-order valence-corrected chi connectivity index (χ4v) is 5.34. The molecule has 36 heavy (non-hydrogen) atoms. The largest absolute Gasteiger partial charge is 0.351 e. The van der Waals surface area contributed by atoms with E-state index in [1.165, 1.54) is 5.56 Å². The van der Waals surface area contributed by atoms with Gasteiger partial charge in [0.25, 0.3) is 0 Å². The SMILES string of the molecule is O=C(CC1CCN(Cc2ccccc2)CC1)c1cnc2c(n1)N(Cc1c(F)ccc(F)c1Cl)CCC2. The summed E-state index contributed by atoms with van der Waals surface area (Å²) in [7, 11) is 0. The number of aromatic nitrogens is 2. The zero-order chi connectivity index (χ0) is 25.1. The molecule has 3 heterocycles. The van der Waals surface area contributed by atoms with Crippen LogP contribution in [0.4, 0.5) is 14.6 Å². The third-order valence-electron chi connectivity index (χ3n) is 7.17. The Hall–Kier alpha value is -2.90. The summed E-state index contributed by atoms with van der Waals surface area (Å²) in [5.41, 5.74) is 2.49. The van der Waals surface area contributed by atoms with Crippen molar-refractivity contribution in [1.82, 2.24) is 14.9 Å². The quantitative estimate of drug-likeness (QED) is 0.295. The van der Waals surface area contributed by atoms with Gasteiger partial charge in [-0.05, 0) is 62.4 Å². The Kier molecular flexibility index (Phi) is 7.58. The summed E-state index contributed by atoms with van der Waals surface area (Å²) in [4.78, 5) is 26.6. The van der Waals surface area contributed by atoms with Gasteiger partial charge in [0.15, 0.2) is 11.6 Å². The number of benzene rings is 2. The van der Waals surface area contributed by atoms with Gasteiger partial charge in [0.2, 0.25) is 0 Å². The van der Waals surface area contributed by atoms with Crippen LogP contribution in [0.2, 0.25) is 5.02 Å². The number of ketones is 1. The van der Waals surface area contributed by atoms with Crippen LogP contribution in [0.3, 0.4) is 0 Å². The summed E-state index contributed by atoms with van der Waals surface area (Å²) in [6.45, 7) is 3.55. The molecule has 0 saturated carbocycles. The van der Waals surface area contributed by atoms with Gasteiger partial charge in [-0.25, -0.2) is 13.8 Å². The van der Waals surface area contributed by atoms with E-state index in [1.807, 2.05) is 11.0 Å². The number of Topliss-reactive ketones (excluding diaryl/α,β-unsaturated/α-hetero) is 1. The van der Waals surface area contributed by atoms with Gasteiger partial charge in [0, 0.05) is 31.6 Å². The number of anilines is 1. The first kappa shape index (κ1) is 24.8. The second-order valence-electron chi connectivity index (χ2n) is 9.70. The Labute approximate surface area is 215 Å². The van der Waals surface area contributed by atoms with E-state index in [2.05, 4.69) is 39.1 Å². The number of likely N-dealkylation sites (tertiary alicyclic amines) is 1. The van der Waals surface area contributed by atoms with E-state index in [9.17, 15) is 13.6 Å². The first-order valence-corrected chi connectivity index (χ1v) is 12.9. The molecule has 5 rings (SSSR count). The molecule has 0 amide bonds. The van der Waals surface area contributed by atoms with Gasteiger partial charge in [-0.2, -0.15) is 0 Å². The topological polar surface area (TPSA) is 49.3 Å². The van der Waals surface area contributed by atoms with Crippen molar-refractivity contribution in [2.75, 3.05) is 24.5 Å². The molecule has 1 fully saturated rings. The summed E-state index contributed by atoms with van der Waals surface area (Å²) in [5.74, 6) is -0.363. The van der Waals surface area contributed by atoms with E-state index >= 15 is 0 Å². The molecule has 0 bridgehead atoms. The van der Waals surface area contributed by atoms with Crippen molar-refractivity contribution < 1.29 is 13.6 Å². The third-order valence-corrected chi connectivity index (χ3v) is 7.58. The van der Waals surface area contributed by atoms with Crippen molar-refractivity contribution >= 4 is 23.2 Å². The van der Waals surface area contributed by atoms with E-state index in [-0.39, 0.29) is 22.9 Å². The van der Waals surface area contributed by atoms with Crippen LogP contribution in [0, 0.1) is 17.6 Å². The van der Waals surface area contributed by atoms with Gasteiger partial charge < -0.3 is 4.90 Å². The van der Waals surface area contributed by atoms with Crippen LogP contribution in [0.25, 0.3) is 0 Å². The Morgan fingerprint density at radius 3 is 2.53 bits per heavy atom. The van der Waals surface area contributed by atoms with E-state index in [0.29, 0.717) is 30.4 Å². The number of carbonyl (C=O) groups is 1. The first-order chi connectivity index (χ1) is 17.5. The summed E-state index contributed by atoms with van der Waals surface area (Å²) < 4.78 is 28.4. The number of carbonyl (C=O) groups excluding carboxylic acids is 1. The highest BCUT2D eigenvalue weighted by Crippen LogP contribution is 2.30. The van der Waals surface area contributed by atoms with Crippen LogP contribution >= 0.6 is 11.6 Å². The zero-order valence-electron chi connectivity index (χ0n) is 20.1. The predicted octanol–water partition coefficient (Wildman–Crippen LogP) is 5.85. The normalized spacial score (nSPS) is 16.7. The lowest BCUT2D eigenvalue weighted by atomic mass is 9.91. The molecule has 0 spiro atoms. The first-order valence-electron chi connectivity index (χ1n) is 12.5. The van der Waals surface area contributed by atoms with Crippen LogP contribution in [-0.4, -0.2) is 40.3 Å². The minimum Gasteiger partial charge on any atom is -0.351 e. The van der Waals surface area contributed by atoms with Crippen LogP contribution in [0.1, 0.15) is 53.0 Å². The summed E-state index contributed by atoms with van der Waals surface area (Å²) in [6.07, 6.45) is 5.49. The van der Waals surface area contributed by atoms with Crippen molar-refractivity contribution in [2.24, 2.45) is 5.92 Å². The highest BCUT2D eigenvalue weighted by molar-refractivity contribution is 6.31. The van der Waals surface area contributed by atoms with Gasteiger partial charge in [0.05, 0.1) is 16.9 Å². The Balaban J connectivity index is 1.24. The van der Waals surface area contributed by atoms with Crippen LogP contribution in [0.5, 0.6) is 0 Å². The number of halogens is 3. The molecule has 1 aromatic heterocycles. The lowest BCUT2D eigenvalue weighted by Gasteiger charge is -2.32. The number of rotatable bonds is 7. The van der Waals surface area contributed by atoms with Gasteiger partial charge in [-0.15, -0.1) is 0 Å². The van der Waals surface area contributed by atoms with Crippen LogP contribution in [-0.2, 0) is 19.5 Å². The van der Waals surface area contributed by atoms with Crippen molar-refractivity contribution in [1.29, 1.82) is 0 Å². The van der Waals surface area contributed by atoms with E-state index in [1.54, 1.807) is 6.20 Å². The molecule has 1 saturated heterocycles. The maximum atomic E-state index is 14.4. The molecule has 3 aromatic rings. The Bertz CT molecular complexity index is 1230. The second kappa shape index (κ2) is 11.0. The number of aryl methyl sites for hydroxylation is 1. The van der Waals surface area contributed by atoms with Crippen molar-refractivity contribution in [2.45, 2.75) is 45.2 Å². The highest BCUT2D eigenvalue weighted by Gasteiger charge is 2.26. The summed E-state index contributed by atoms with van der Waals surface area (Å²) in [6, 6.07) is 12.5. The van der Waals surface area contributed by atoms with Gasteiger partial charge in [0.1, 0.15) is 17.3 Å². The average Bonchev–Trinajstić information content (AvgIpc) is 2.90. The van der Waals surface area contributed by atoms with Crippen molar-refractivity contribution in [3.05, 3.63) is 87.8 Å². The lowest BCUT2D eigenvalue weighted by molar-refractivity contribution is 0.0919. The van der Waals surface area contributed by atoms with Gasteiger partial charge in [-0.3, -0.25) is 14.7 Å². The molecule has 8 heteroatoms. The third kappa shape index (κ3) is 5.57. The van der Waals surface area contributed by atoms with Gasteiger partial charge in [-0.1, -0.05) is 41.9 Å². The number of nitrogens with zero attached hydrogens (tertiary/aromatic N) is 4. The van der Waals surface area contributed by atoms with E-state index < -0.39 is 11.6 Å². The molecule has 188 valence electrons. The number of fused-ring (bicyclic) bond motifs is 1. The Morgan fingerprint density at radius 2 is 1.75 bits per heavy atom. The van der Waals surface area contributed by atoms with Crippen LogP contribution < -0.4 is 4.90 Å². The van der Waals surface area contributed by atoms with E-state index in [4.69, 9.17) is 11.6 Å². The van der Waals surface area contributed by atoms with Crippen LogP contribution in [0.15, 0.2) is 48.7 Å². The predicted molar refractivity (Wildman–Crippen MR) is 136 cm³/mol. The standard InChI is InChI=1S/C28H29ClF2N4O/c29-27-21(22(30)8-9-23(27)31)18-35-12-4-7-24-28(35)33-25(16-32-24)26(36)15-19-10-13-34(14-11-19)17-20-5-2-1-3-6-20/h1-3,5-6,8-9,16,19H,4,7,10-15,17-18H2. The minimum absolute atomic E-state index is 0.0210. The number of hydrogen-bond donors (Lipinski definition) is 0. The maximum Gasteiger partial charge on any atom is 0.183 e. The molecule has 0 aliphatic carbocycles. The molecule has 5 nitrogen and oxygen atoms in total. The molecule has 0 radical (unpaired) electrons. The zero-order valence-corrected chi connectivity index (χ0v) is 20.9. The maximum absolute atomic E-state index is 14.4. The molecular formula is C28H29ClF2N4O. The molecule has 0 atom stereocenters. The lowest BCUT2D eigenvalue weighted by Crippen LogP contribution is -2.34.